The summed E-state index contributed by atoms with van der Waals surface area (Å²) in [4.78, 5) is 15.3. The lowest BCUT2D eigenvalue weighted by Gasteiger charge is -2.12. The first kappa shape index (κ1) is 23.3. The van der Waals surface area contributed by atoms with Crippen molar-refractivity contribution in [1.82, 2.24) is 4.90 Å². The zero-order valence-corrected chi connectivity index (χ0v) is 19.8. The molecule has 1 saturated heterocycles. The average Bonchev–Trinajstić information content (AvgIpc) is 3.50. The van der Waals surface area contributed by atoms with Gasteiger partial charge < -0.3 is 9.15 Å². The number of hydrogen-bond acceptors (Lipinski definition) is 6. The van der Waals surface area contributed by atoms with Gasteiger partial charge in [-0.1, -0.05) is 42.5 Å². The molecule has 1 fully saturated rings. The minimum atomic E-state index is -0.326. The highest BCUT2D eigenvalue weighted by Gasteiger charge is 2.34. The van der Waals surface area contributed by atoms with Crippen LogP contribution >= 0.6 is 11.8 Å². The maximum atomic E-state index is 13.3. The third-order valence-electron chi connectivity index (χ3n) is 5.14. The first-order valence-corrected chi connectivity index (χ1v) is 11.9. The number of amides is 1. The molecule has 0 saturated carbocycles. The molecular formula is C28H20FN3O3S. The van der Waals surface area contributed by atoms with Crippen LogP contribution in [0.1, 0.15) is 16.9 Å². The molecule has 1 aromatic heterocycles. The Hall–Kier alpha value is -4.43. The number of halogens is 1. The minimum Gasteiger partial charge on any atom is -0.467 e. The summed E-state index contributed by atoms with van der Waals surface area (Å²) in [6.45, 7) is 0.220. The molecule has 2 heterocycles. The third-order valence-corrected chi connectivity index (χ3v) is 6.13. The van der Waals surface area contributed by atoms with E-state index in [9.17, 15) is 9.18 Å². The first-order valence-electron chi connectivity index (χ1n) is 11.1. The smallest absolute Gasteiger partial charge is 0.267 e. The summed E-state index contributed by atoms with van der Waals surface area (Å²) in [6.07, 6.45) is 4.86. The SMILES string of the molecule is O=C1/C(=C/c2cccc(Oc3ccccc3)c2)S/C(=N/N=C\c2ccc(F)cc2)N1Cc1ccco1. The highest BCUT2D eigenvalue weighted by Crippen LogP contribution is 2.34. The summed E-state index contributed by atoms with van der Waals surface area (Å²) in [5.74, 6) is 1.48. The Balaban J connectivity index is 1.39. The highest BCUT2D eigenvalue weighted by molar-refractivity contribution is 8.18. The fourth-order valence-electron chi connectivity index (χ4n) is 3.42. The quantitative estimate of drug-likeness (QED) is 0.162. The van der Waals surface area contributed by atoms with E-state index in [0.29, 0.717) is 27.1 Å². The molecule has 0 N–H and O–H groups in total. The number of furan rings is 1. The summed E-state index contributed by atoms with van der Waals surface area (Å²) >= 11 is 1.22. The van der Waals surface area contributed by atoms with E-state index < -0.39 is 0 Å². The second kappa shape index (κ2) is 10.9. The van der Waals surface area contributed by atoms with Crippen LogP contribution in [-0.4, -0.2) is 22.2 Å². The third kappa shape index (κ3) is 5.79. The van der Waals surface area contributed by atoms with Gasteiger partial charge in [0.25, 0.3) is 5.91 Å². The Morgan fingerprint density at radius 3 is 2.50 bits per heavy atom. The van der Waals surface area contributed by atoms with E-state index in [0.717, 1.165) is 11.3 Å². The van der Waals surface area contributed by atoms with Crippen LogP contribution in [0.3, 0.4) is 0 Å². The second-order valence-corrected chi connectivity index (χ2v) is 8.76. The molecule has 0 radical (unpaired) electrons. The normalized spacial score (nSPS) is 15.9. The molecule has 8 heteroatoms. The highest BCUT2D eigenvalue weighted by atomic mass is 32.2. The lowest BCUT2D eigenvalue weighted by Crippen LogP contribution is -2.28. The number of hydrogen-bond donors (Lipinski definition) is 0. The van der Waals surface area contributed by atoms with E-state index in [1.807, 2.05) is 54.6 Å². The van der Waals surface area contributed by atoms with Crippen molar-refractivity contribution >= 4 is 35.1 Å². The van der Waals surface area contributed by atoms with Gasteiger partial charge in [-0.15, -0.1) is 5.10 Å². The maximum absolute atomic E-state index is 13.3. The van der Waals surface area contributed by atoms with Crippen molar-refractivity contribution in [2.45, 2.75) is 6.54 Å². The first-order chi connectivity index (χ1) is 17.6. The van der Waals surface area contributed by atoms with Crippen molar-refractivity contribution in [3.05, 3.63) is 125 Å². The molecular weight excluding hydrogens is 477 g/mol. The standard InChI is InChI=1S/C28H20FN3O3S/c29-22-13-11-20(12-14-22)18-30-31-28-32(19-25-10-5-15-34-25)27(33)26(36-28)17-21-6-4-9-24(16-21)35-23-7-2-1-3-8-23/h1-18H,19H2/b26-17-,30-18-,31-28+. The van der Waals surface area contributed by atoms with E-state index in [1.165, 1.54) is 35.0 Å². The summed E-state index contributed by atoms with van der Waals surface area (Å²) in [6, 6.07) is 26.4. The number of amidine groups is 1. The van der Waals surface area contributed by atoms with Gasteiger partial charge in [-0.05, 0) is 77.5 Å². The van der Waals surface area contributed by atoms with Gasteiger partial charge in [0.05, 0.1) is 23.9 Å². The van der Waals surface area contributed by atoms with Gasteiger partial charge in [0, 0.05) is 0 Å². The zero-order chi connectivity index (χ0) is 24.7. The van der Waals surface area contributed by atoms with Crippen LogP contribution in [0.5, 0.6) is 11.5 Å². The zero-order valence-electron chi connectivity index (χ0n) is 19.0. The molecule has 6 nitrogen and oxygen atoms in total. The van der Waals surface area contributed by atoms with Gasteiger partial charge in [0.15, 0.2) is 5.17 Å². The summed E-state index contributed by atoms with van der Waals surface area (Å²) in [5.41, 5.74) is 1.51. The predicted octanol–water partition coefficient (Wildman–Crippen LogP) is 6.72. The van der Waals surface area contributed by atoms with Crippen molar-refractivity contribution in [2.75, 3.05) is 0 Å². The van der Waals surface area contributed by atoms with Crippen LogP contribution in [0.15, 0.2) is 117 Å². The van der Waals surface area contributed by atoms with Crippen LogP contribution < -0.4 is 4.74 Å². The van der Waals surface area contributed by atoms with Crippen molar-refractivity contribution in [3.63, 3.8) is 0 Å². The van der Waals surface area contributed by atoms with Crippen molar-refractivity contribution in [1.29, 1.82) is 0 Å². The van der Waals surface area contributed by atoms with Crippen LogP contribution in [-0.2, 0) is 11.3 Å². The number of carbonyl (C=O) groups excluding carboxylic acids is 1. The Labute approximate surface area is 211 Å². The number of carbonyl (C=O) groups is 1. The van der Waals surface area contributed by atoms with Crippen LogP contribution in [0.4, 0.5) is 4.39 Å². The number of benzene rings is 3. The second-order valence-electron chi connectivity index (χ2n) is 7.75. The largest absolute Gasteiger partial charge is 0.467 e. The van der Waals surface area contributed by atoms with Crippen molar-refractivity contribution in [3.8, 4) is 11.5 Å². The molecule has 36 heavy (non-hydrogen) atoms. The molecule has 5 rings (SSSR count). The summed E-state index contributed by atoms with van der Waals surface area (Å²) < 4.78 is 24.5. The number of ether oxygens (including phenoxy) is 1. The molecule has 0 spiro atoms. The van der Waals surface area contributed by atoms with Crippen LogP contribution in [0.2, 0.25) is 0 Å². The van der Waals surface area contributed by atoms with Crippen LogP contribution in [0.25, 0.3) is 6.08 Å². The molecule has 0 unspecified atom stereocenters. The molecule has 1 aliphatic rings. The fourth-order valence-corrected chi connectivity index (χ4v) is 4.35. The van der Waals surface area contributed by atoms with Crippen LogP contribution in [0, 0.1) is 5.82 Å². The lowest BCUT2D eigenvalue weighted by atomic mass is 10.2. The molecule has 1 aliphatic heterocycles. The fraction of sp³-hybridized carbons (Fsp3) is 0.0357. The minimum absolute atomic E-state index is 0.207. The Morgan fingerprint density at radius 2 is 1.72 bits per heavy atom. The molecule has 178 valence electrons. The number of rotatable bonds is 7. The van der Waals surface area contributed by atoms with Gasteiger partial charge in [-0.3, -0.25) is 9.69 Å². The Kier molecular flexibility index (Phi) is 7.05. The van der Waals surface area contributed by atoms with E-state index in [1.54, 1.807) is 36.6 Å². The van der Waals surface area contributed by atoms with Crippen molar-refractivity contribution < 1.29 is 18.3 Å². The monoisotopic (exact) mass is 497 g/mol. The molecule has 4 aromatic rings. The number of para-hydroxylation sites is 1. The van der Waals surface area contributed by atoms with Gasteiger partial charge in [-0.25, -0.2) is 4.39 Å². The predicted molar refractivity (Wildman–Crippen MR) is 139 cm³/mol. The van der Waals surface area contributed by atoms with Gasteiger partial charge in [0.1, 0.15) is 23.1 Å². The molecule has 3 aromatic carbocycles. The molecule has 0 atom stereocenters. The number of nitrogens with zero attached hydrogens (tertiary/aromatic N) is 3. The van der Waals surface area contributed by atoms with E-state index >= 15 is 0 Å². The molecule has 1 amide bonds. The van der Waals surface area contributed by atoms with Gasteiger partial charge in [0.2, 0.25) is 0 Å². The molecule has 0 bridgehead atoms. The average molecular weight is 498 g/mol. The molecule has 0 aliphatic carbocycles. The van der Waals surface area contributed by atoms with Gasteiger partial charge >= 0.3 is 0 Å². The van der Waals surface area contributed by atoms with Crippen molar-refractivity contribution in [2.24, 2.45) is 10.2 Å². The number of thioether (sulfide) groups is 1. The summed E-state index contributed by atoms with van der Waals surface area (Å²) in [5, 5.41) is 8.80. The Bertz CT molecular complexity index is 1430. The maximum Gasteiger partial charge on any atom is 0.267 e. The topological polar surface area (TPSA) is 67.4 Å². The van der Waals surface area contributed by atoms with Gasteiger partial charge in [-0.2, -0.15) is 5.10 Å². The summed E-state index contributed by atoms with van der Waals surface area (Å²) in [7, 11) is 0. The lowest BCUT2D eigenvalue weighted by molar-refractivity contribution is -0.122. The van der Waals surface area contributed by atoms with E-state index in [2.05, 4.69) is 10.2 Å². The Morgan fingerprint density at radius 1 is 0.917 bits per heavy atom. The van der Waals surface area contributed by atoms with E-state index in [-0.39, 0.29) is 18.3 Å². The van der Waals surface area contributed by atoms with E-state index in [4.69, 9.17) is 9.15 Å².